The third kappa shape index (κ3) is 44.7. The van der Waals surface area contributed by atoms with E-state index in [-0.39, 0.29) is 13.1 Å². The summed E-state index contributed by atoms with van der Waals surface area (Å²) in [6, 6.07) is 0. The molecule has 0 aliphatic heterocycles. The van der Waals surface area contributed by atoms with Crippen LogP contribution in [-0.4, -0.2) is 119 Å². The zero-order chi connectivity index (χ0) is 24.7. The molecule has 0 fully saturated rings. The molecule has 0 atom stereocenters. The number of nitrogens with two attached hydrogens (primary N) is 2. The molecule has 0 unspecified atom stereocenters. The average molecular weight is 486 g/mol. The van der Waals surface area contributed by atoms with Crippen molar-refractivity contribution in [3.63, 3.8) is 0 Å². The minimum Gasteiger partial charge on any atom is -0.480 e. The maximum atomic E-state index is 10.6. The van der Waals surface area contributed by atoms with Crippen molar-refractivity contribution in [2.75, 3.05) is 39.3 Å². The highest BCUT2D eigenvalue weighted by Gasteiger charge is 2.17. The normalized spacial score (nSPS) is 11.0. The summed E-state index contributed by atoms with van der Waals surface area (Å²) in [7, 11) is -8.33. The Balaban J connectivity index is -0.000000599. The van der Waals surface area contributed by atoms with E-state index in [0.717, 1.165) is 9.80 Å². The maximum absolute atomic E-state index is 10.6. The van der Waals surface area contributed by atoms with E-state index in [1.54, 1.807) is 0 Å². The van der Waals surface area contributed by atoms with Crippen LogP contribution in [0.5, 0.6) is 0 Å². The van der Waals surface area contributed by atoms with Crippen LogP contribution < -0.4 is 10.3 Å². The van der Waals surface area contributed by atoms with Gasteiger partial charge in [0.25, 0.3) is 0 Å². The monoisotopic (exact) mass is 486 g/mol. The molecule has 0 saturated carbocycles. The minimum absolute atomic E-state index is 0.0703. The van der Waals surface area contributed by atoms with Crippen LogP contribution in [0.3, 0.4) is 0 Å². The van der Waals surface area contributed by atoms with Crippen molar-refractivity contribution >= 4 is 44.5 Å². The van der Waals surface area contributed by atoms with E-state index in [1.807, 2.05) is 0 Å². The highest BCUT2D eigenvalue weighted by atomic mass is 32.2. The lowest BCUT2D eigenvalue weighted by atomic mass is 10.4. The van der Waals surface area contributed by atoms with Gasteiger partial charge >= 0.3 is 44.5 Å². The van der Waals surface area contributed by atoms with Crippen LogP contribution >= 0.6 is 0 Å². The van der Waals surface area contributed by atoms with Crippen LogP contribution in [0.1, 0.15) is 0 Å². The number of nitrogens with zero attached hydrogens (tertiary/aromatic N) is 2. The molecule has 0 aromatic rings. The predicted molar refractivity (Wildman–Crippen MR) is 94.9 cm³/mol. The number of carboxylic acid groups (broad SMARTS) is 4. The van der Waals surface area contributed by atoms with Crippen LogP contribution in [0.15, 0.2) is 0 Å². The molecule has 0 amide bonds. The Labute approximate surface area is 170 Å². The van der Waals surface area contributed by atoms with Gasteiger partial charge in [-0.05, 0) is 0 Å². The van der Waals surface area contributed by atoms with Gasteiger partial charge in [0, 0.05) is 13.1 Å². The van der Waals surface area contributed by atoms with Crippen LogP contribution in [0.4, 0.5) is 0 Å². The number of hydrogen-bond acceptors (Lipinski definition) is 10. The highest BCUT2D eigenvalue weighted by molar-refractivity contribution is 7.83. The Morgan fingerprint density at radius 1 is 0.567 bits per heavy atom. The predicted octanol–water partition coefficient (Wildman–Crippen LogP) is -4.58. The second-order valence-electron chi connectivity index (χ2n) is 5.03. The second kappa shape index (κ2) is 15.4. The van der Waals surface area contributed by atoms with Gasteiger partial charge in [0.1, 0.15) is 0 Å². The van der Waals surface area contributed by atoms with Crippen molar-refractivity contribution in [1.82, 2.24) is 9.80 Å². The lowest BCUT2D eigenvalue weighted by Crippen LogP contribution is -2.43. The van der Waals surface area contributed by atoms with E-state index in [0.29, 0.717) is 0 Å². The average Bonchev–Trinajstić information content (AvgIpc) is 2.38. The van der Waals surface area contributed by atoms with Crippen LogP contribution in [0, 0.1) is 0 Å². The second-order valence-corrected chi connectivity index (χ2v) is 7.09. The highest BCUT2D eigenvalue weighted by Crippen LogP contribution is 1.94. The van der Waals surface area contributed by atoms with Crippen molar-refractivity contribution in [2.45, 2.75) is 0 Å². The molecule has 0 radical (unpaired) electrons. The number of aliphatic carboxylic acids is 4. The Bertz CT molecular complexity index is 667. The van der Waals surface area contributed by atoms with Gasteiger partial charge < -0.3 is 20.4 Å². The summed E-state index contributed by atoms with van der Waals surface area (Å²) in [6.07, 6.45) is 0. The first kappa shape index (κ1) is 32.2. The Kier molecular flexibility index (Phi) is 16.5. The molecule has 0 rings (SSSR count). The van der Waals surface area contributed by atoms with Crippen molar-refractivity contribution in [3.8, 4) is 0 Å². The van der Waals surface area contributed by atoms with E-state index in [2.05, 4.69) is 10.3 Å². The minimum atomic E-state index is -4.17. The molecule has 0 aliphatic carbocycles. The summed E-state index contributed by atoms with van der Waals surface area (Å²) in [5.41, 5.74) is 0. The third-order valence-electron chi connectivity index (χ3n) is 2.17. The SMILES string of the molecule is NS(=O)(=O)O.NS(=O)(=O)O.O=C(O)CN(CCN(CC(=O)O)CC(=O)O)CC(=O)O. The van der Waals surface area contributed by atoms with Gasteiger partial charge in [-0.3, -0.25) is 38.1 Å². The lowest BCUT2D eigenvalue weighted by molar-refractivity contribution is -0.145. The summed E-state index contributed by atoms with van der Waals surface area (Å²) < 4.78 is 50.4. The molecule has 10 N–H and O–H groups in total. The van der Waals surface area contributed by atoms with Gasteiger partial charge in [-0.15, -0.1) is 0 Å². The molecular weight excluding hydrogens is 464 g/mol. The van der Waals surface area contributed by atoms with Crippen molar-refractivity contribution < 1.29 is 65.5 Å². The first-order valence-electron chi connectivity index (χ1n) is 7.03. The van der Waals surface area contributed by atoms with Gasteiger partial charge in [0.2, 0.25) is 0 Å². The molecule has 0 aliphatic rings. The van der Waals surface area contributed by atoms with E-state index >= 15 is 0 Å². The van der Waals surface area contributed by atoms with Gasteiger partial charge in [0.15, 0.2) is 0 Å². The third-order valence-corrected chi connectivity index (χ3v) is 2.17. The van der Waals surface area contributed by atoms with E-state index in [9.17, 15) is 19.2 Å². The zero-order valence-corrected chi connectivity index (χ0v) is 16.7. The van der Waals surface area contributed by atoms with E-state index in [4.69, 9.17) is 46.4 Å². The summed E-state index contributed by atoms with van der Waals surface area (Å²) in [5, 5.41) is 42.2. The van der Waals surface area contributed by atoms with Gasteiger partial charge in [-0.25, -0.2) is 10.3 Å². The van der Waals surface area contributed by atoms with Crippen LogP contribution in [-0.2, 0) is 39.8 Å². The molecule has 0 aromatic carbocycles. The van der Waals surface area contributed by atoms with Crippen molar-refractivity contribution in [3.05, 3.63) is 0 Å². The molecule has 0 heterocycles. The standard InChI is InChI=1S/C10H16N2O8.2H3NO3S/c13-7(14)3-11(4-8(15)16)1-2-12(5-9(17)18)6-10(19)20;2*1-5(2,3)4/h1-6H2,(H,13,14)(H,15,16)(H,17,18)(H,19,20);2*(H3,1,2,3,4). The summed E-state index contributed by atoms with van der Waals surface area (Å²) in [5.74, 6) is -4.91. The molecule has 18 nitrogen and oxygen atoms in total. The first-order valence-corrected chi connectivity index (χ1v) is 10.0. The first-order chi connectivity index (χ1) is 13.2. The van der Waals surface area contributed by atoms with Crippen molar-refractivity contribution in [2.24, 2.45) is 10.3 Å². The topological polar surface area (TPSA) is 316 Å². The Morgan fingerprint density at radius 3 is 0.800 bits per heavy atom. The van der Waals surface area contributed by atoms with Gasteiger partial charge in [-0.2, -0.15) is 16.8 Å². The number of hydrogen-bond donors (Lipinski definition) is 8. The molecule has 0 spiro atoms. The van der Waals surface area contributed by atoms with Crippen LogP contribution in [0.2, 0.25) is 0 Å². The zero-order valence-electron chi connectivity index (χ0n) is 15.1. The molecule has 30 heavy (non-hydrogen) atoms. The fourth-order valence-corrected chi connectivity index (χ4v) is 1.48. The Hall–Kier alpha value is -2.46. The number of rotatable bonds is 11. The quantitative estimate of drug-likeness (QED) is 0.127. The smallest absolute Gasteiger partial charge is 0.330 e. The molecule has 0 aromatic heterocycles. The lowest BCUT2D eigenvalue weighted by Gasteiger charge is -2.23. The largest absolute Gasteiger partial charge is 0.480 e. The Morgan fingerprint density at radius 2 is 0.700 bits per heavy atom. The van der Waals surface area contributed by atoms with Crippen LogP contribution in [0.25, 0.3) is 0 Å². The van der Waals surface area contributed by atoms with Gasteiger partial charge in [0.05, 0.1) is 26.2 Å². The summed E-state index contributed by atoms with van der Waals surface area (Å²) in [4.78, 5) is 44.4. The molecule has 0 saturated heterocycles. The number of carboxylic acids is 4. The van der Waals surface area contributed by atoms with Crippen molar-refractivity contribution in [1.29, 1.82) is 0 Å². The molecular formula is C10H22N4O14S2. The summed E-state index contributed by atoms with van der Waals surface area (Å²) >= 11 is 0. The summed E-state index contributed by atoms with van der Waals surface area (Å²) in [6.45, 7) is -2.25. The number of carbonyl (C=O) groups is 4. The fourth-order valence-electron chi connectivity index (χ4n) is 1.48. The fraction of sp³-hybridized carbons (Fsp3) is 0.600. The molecule has 20 heteroatoms. The molecule has 0 bridgehead atoms. The van der Waals surface area contributed by atoms with Gasteiger partial charge in [-0.1, -0.05) is 0 Å². The maximum Gasteiger partial charge on any atom is 0.330 e. The molecule has 178 valence electrons. The van der Waals surface area contributed by atoms with E-state index in [1.165, 1.54) is 0 Å². The van der Waals surface area contributed by atoms with E-state index < -0.39 is 70.7 Å².